The summed E-state index contributed by atoms with van der Waals surface area (Å²) in [4.78, 5) is 1.85. The molecule has 4 heteroatoms. The number of nitrogens with one attached hydrogen (secondary N) is 1. The molecule has 78 valence electrons. The average molecular weight is 217 g/mol. The van der Waals surface area contributed by atoms with Crippen LogP contribution < -0.4 is 10.2 Å². The van der Waals surface area contributed by atoms with Crippen molar-refractivity contribution in [1.29, 1.82) is 0 Å². The molecule has 0 bridgehead atoms. The van der Waals surface area contributed by atoms with Gasteiger partial charge >= 0.3 is 0 Å². The molecule has 0 amide bonds. The fraction of sp³-hybridized carbons (Fsp3) is 0.400. The highest BCUT2D eigenvalue weighted by atomic mass is 35.5. The van der Waals surface area contributed by atoms with Gasteiger partial charge in [0.15, 0.2) is 0 Å². The third kappa shape index (κ3) is 2.36. The van der Waals surface area contributed by atoms with Crippen LogP contribution in [-0.4, -0.2) is 20.8 Å². The van der Waals surface area contributed by atoms with Crippen LogP contribution >= 0.6 is 11.6 Å². The number of nitrogens with zero attached hydrogens (tertiary/aromatic N) is 1. The third-order valence-corrected chi connectivity index (χ3v) is 2.34. The topological polar surface area (TPSA) is 15.3 Å². The highest BCUT2D eigenvalue weighted by molar-refractivity contribution is 6.33. The van der Waals surface area contributed by atoms with Gasteiger partial charge in [0.25, 0.3) is 0 Å². The van der Waals surface area contributed by atoms with E-state index in [4.69, 9.17) is 11.6 Å². The highest BCUT2D eigenvalue weighted by Gasteiger charge is 2.08. The molecule has 0 spiro atoms. The molecule has 0 atom stereocenters. The lowest BCUT2D eigenvalue weighted by Crippen LogP contribution is -2.28. The Bertz CT molecular complexity index is 328. The van der Waals surface area contributed by atoms with Gasteiger partial charge in [-0.3, -0.25) is 0 Å². The molecule has 14 heavy (non-hydrogen) atoms. The van der Waals surface area contributed by atoms with Gasteiger partial charge in [-0.25, -0.2) is 4.39 Å². The summed E-state index contributed by atoms with van der Waals surface area (Å²) in [5.74, 6) is -0.229. The van der Waals surface area contributed by atoms with E-state index in [1.54, 1.807) is 13.0 Å². The minimum Gasteiger partial charge on any atom is -0.361 e. The van der Waals surface area contributed by atoms with Gasteiger partial charge in [0.1, 0.15) is 5.82 Å². The zero-order chi connectivity index (χ0) is 10.7. The molecule has 1 aromatic rings. The smallest absolute Gasteiger partial charge is 0.128 e. The molecule has 1 N–H and O–H groups in total. The van der Waals surface area contributed by atoms with Gasteiger partial charge in [-0.15, -0.1) is 0 Å². The molecule has 0 unspecified atom stereocenters. The molecule has 0 aliphatic carbocycles. The molecule has 0 saturated carbocycles. The molecular weight excluding hydrogens is 203 g/mol. The second-order valence-electron chi connectivity index (χ2n) is 3.26. The Morgan fingerprint density at radius 2 is 2.14 bits per heavy atom. The monoisotopic (exact) mass is 216 g/mol. The summed E-state index contributed by atoms with van der Waals surface area (Å²) in [5.41, 5.74) is 1.26. The van der Waals surface area contributed by atoms with Crippen LogP contribution in [-0.2, 0) is 0 Å². The largest absolute Gasteiger partial charge is 0.361 e. The van der Waals surface area contributed by atoms with Gasteiger partial charge in [-0.2, -0.15) is 0 Å². The van der Waals surface area contributed by atoms with Crippen molar-refractivity contribution in [3.05, 3.63) is 28.5 Å². The van der Waals surface area contributed by atoms with Crippen molar-refractivity contribution in [2.45, 2.75) is 6.92 Å². The summed E-state index contributed by atoms with van der Waals surface area (Å²) < 4.78 is 13.3. The molecular formula is C10H14ClFN2. The maximum atomic E-state index is 13.3. The van der Waals surface area contributed by atoms with Crippen LogP contribution in [0.15, 0.2) is 12.1 Å². The van der Waals surface area contributed by atoms with Crippen molar-refractivity contribution >= 4 is 17.3 Å². The first-order chi connectivity index (χ1) is 6.56. The van der Waals surface area contributed by atoms with Gasteiger partial charge in [0.05, 0.1) is 17.4 Å². The SMILES string of the molecule is CNCN(C)c1cc(F)c(C)cc1Cl. The van der Waals surface area contributed by atoms with E-state index in [0.717, 1.165) is 0 Å². The summed E-state index contributed by atoms with van der Waals surface area (Å²) in [5, 5.41) is 3.54. The van der Waals surface area contributed by atoms with E-state index >= 15 is 0 Å². The van der Waals surface area contributed by atoms with Crippen molar-refractivity contribution in [3.8, 4) is 0 Å². The fourth-order valence-electron chi connectivity index (χ4n) is 1.25. The Morgan fingerprint density at radius 1 is 1.50 bits per heavy atom. The number of anilines is 1. The molecule has 0 aromatic heterocycles. The van der Waals surface area contributed by atoms with Crippen molar-refractivity contribution in [2.75, 3.05) is 25.7 Å². The first-order valence-corrected chi connectivity index (χ1v) is 4.75. The van der Waals surface area contributed by atoms with E-state index in [0.29, 0.717) is 22.9 Å². The number of benzene rings is 1. The van der Waals surface area contributed by atoms with Crippen LogP contribution in [0.5, 0.6) is 0 Å². The first-order valence-electron chi connectivity index (χ1n) is 4.37. The number of halogens is 2. The summed E-state index contributed by atoms with van der Waals surface area (Å²) in [7, 11) is 3.68. The predicted octanol–water partition coefficient (Wildman–Crippen LogP) is 2.40. The van der Waals surface area contributed by atoms with Gasteiger partial charge in [0.2, 0.25) is 0 Å². The van der Waals surface area contributed by atoms with Crippen LogP contribution in [0.4, 0.5) is 10.1 Å². The van der Waals surface area contributed by atoms with Crippen molar-refractivity contribution in [2.24, 2.45) is 0 Å². The Morgan fingerprint density at radius 3 is 2.71 bits per heavy atom. The lowest BCUT2D eigenvalue weighted by Gasteiger charge is -2.20. The number of hydrogen-bond donors (Lipinski definition) is 1. The molecule has 0 aliphatic heterocycles. The van der Waals surface area contributed by atoms with E-state index in [1.165, 1.54) is 6.07 Å². The van der Waals surface area contributed by atoms with Crippen LogP contribution in [0.2, 0.25) is 5.02 Å². The standard InChI is InChI=1S/C10H14ClFN2/c1-7-4-8(11)10(5-9(7)12)14(3)6-13-2/h4-5,13H,6H2,1-3H3. The van der Waals surface area contributed by atoms with E-state index in [1.807, 2.05) is 19.0 Å². The van der Waals surface area contributed by atoms with E-state index in [9.17, 15) is 4.39 Å². The van der Waals surface area contributed by atoms with Crippen molar-refractivity contribution in [1.82, 2.24) is 5.32 Å². The lowest BCUT2D eigenvalue weighted by molar-refractivity contribution is 0.617. The Balaban J connectivity index is 3.02. The number of hydrogen-bond acceptors (Lipinski definition) is 2. The highest BCUT2D eigenvalue weighted by Crippen LogP contribution is 2.27. The lowest BCUT2D eigenvalue weighted by atomic mass is 10.2. The third-order valence-electron chi connectivity index (χ3n) is 2.03. The molecule has 0 aliphatic rings. The molecule has 2 nitrogen and oxygen atoms in total. The minimum atomic E-state index is -0.229. The Kier molecular flexibility index (Phi) is 3.72. The van der Waals surface area contributed by atoms with Crippen LogP contribution in [0, 0.1) is 12.7 Å². The maximum absolute atomic E-state index is 13.3. The quantitative estimate of drug-likeness (QED) is 0.781. The first kappa shape index (κ1) is 11.3. The van der Waals surface area contributed by atoms with Crippen LogP contribution in [0.1, 0.15) is 5.56 Å². The maximum Gasteiger partial charge on any atom is 0.128 e. The van der Waals surface area contributed by atoms with Crippen LogP contribution in [0.3, 0.4) is 0 Å². The fourth-order valence-corrected chi connectivity index (χ4v) is 1.61. The normalized spacial score (nSPS) is 10.4. The second-order valence-corrected chi connectivity index (χ2v) is 3.67. The molecule has 0 fully saturated rings. The summed E-state index contributed by atoms with van der Waals surface area (Å²) in [6, 6.07) is 3.09. The zero-order valence-corrected chi connectivity index (χ0v) is 9.32. The minimum absolute atomic E-state index is 0.229. The summed E-state index contributed by atoms with van der Waals surface area (Å²) >= 11 is 6.00. The zero-order valence-electron chi connectivity index (χ0n) is 8.56. The van der Waals surface area contributed by atoms with Gasteiger partial charge in [0, 0.05) is 7.05 Å². The number of aryl methyl sites for hydroxylation is 1. The molecule has 0 saturated heterocycles. The van der Waals surface area contributed by atoms with E-state index in [2.05, 4.69) is 5.32 Å². The molecule has 0 heterocycles. The predicted molar refractivity (Wildman–Crippen MR) is 58.5 cm³/mol. The molecule has 0 radical (unpaired) electrons. The van der Waals surface area contributed by atoms with Crippen molar-refractivity contribution in [3.63, 3.8) is 0 Å². The van der Waals surface area contributed by atoms with E-state index in [-0.39, 0.29) is 5.82 Å². The van der Waals surface area contributed by atoms with Gasteiger partial charge in [-0.1, -0.05) is 11.6 Å². The molecule has 1 aromatic carbocycles. The summed E-state index contributed by atoms with van der Waals surface area (Å²) in [6.07, 6.45) is 0. The van der Waals surface area contributed by atoms with Crippen LogP contribution in [0.25, 0.3) is 0 Å². The summed E-state index contributed by atoms with van der Waals surface area (Å²) in [6.45, 7) is 2.32. The Labute approximate surface area is 88.7 Å². The van der Waals surface area contributed by atoms with Crippen molar-refractivity contribution < 1.29 is 4.39 Å². The van der Waals surface area contributed by atoms with Gasteiger partial charge < -0.3 is 10.2 Å². The Hall–Kier alpha value is -0.800. The van der Waals surface area contributed by atoms with Gasteiger partial charge in [-0.05, 0) is 31.7 Å². The average Bonchev–Trinajstić information content (AvgIpc) is 2.11. The van der Waals surface area contributed by atoms with E-state index < -0.39 is 0 Å². The molecule has 1 rings (SSSR count). The number of rotatable bonds is 3. The second kappa shape index (κ2) is 4.62.